The summed E-state index contributed by atoms with van der Waals surface area (Å²) in [6.45, 7) is 0.550. The van der Waals surface area contributed by atoms with Gasteiger partial charge in [0.1, 0.15) is 65.2 Å². The fourth-order valence-corrected chi connectivity index (χ4v) is 4.94. The van der Waals surface area contributed by atoms with E-state index in [0.717, 1.165) is 24.3 Å². The summed E-state index contributed by atoms with van der Waals surface area (Å²) in [4.78, 5) is 13.6. The molecule has 16 nitrogen and oxygen atoms in total. The van der Waals surface area contributed by atoms with E-state index in [1.165, 1.54) is 13.0 Å². The maximum Gasteiger partial charge on any atom is 0.239 e. The van der Waals surface area contributed by atoms with Crippen molar-refractivity contribution in [2.75, 3.05) is 6.61 Å². The van der Waals surface area contributed by atoms with Gasteiger partial charge in [-0.05, 0) is 25.1 Å². The summed E-state index contributed by atoms with van der Waals surface area (Å²) in [6.07, 6.45) is -16.4. The number of hydrogen-bond donors (Lipinski definition) is 10. The highest BCUT2D eigenvalue weighted by Gasteiger charge is 2.51. The van der Waals surface area contributed by atoms with Crippen molar-refractivity contribution in [1.29, 1.82) is 0 Å². The van der Waals surface area contributed by atoms with Crippen LogP contribution in [-0.2, 0) is 14.2 Å². The van der Waals surface area contributed by atoms with Gasteiger partial charge in [-0.3, -0.25) is 4.79 Å². The molecule has 2 aromatic carbocycles. The first-order valence-corrected chi connectivity index (χ1v) is 13.0. The number of phenolic OH excluding ortho intramolecular Hbond substituents is 4. The fraction of sp³-hybridized carbons (Fsp3) is 0.444. The Hall–Kier alpha value is -3.71. The molecule has 0 radical (unpaired) electrons. The van der Waals surface area contributed by atoms with Crippen LogP contribution in [0.4, 0.5) is 0 Å². The first-order chi connectivity index (χ1) is 20.3. The number of rotatable bonds is 6. The Labute approximate surface area is 241 Å². The van der Waals surface area contributed by atoms with Crippen LogP contribution in [0.1, 0.15) is 6.92 Å². The highest BCUT2D eigenvalue weighted by Crippen LogP contribution is 2.39. The van der Waals surface area contributed by atoms with E-state index in [9.17, 15) is 55.9 Å². The van der Waals surface area contributed by atoms with E-state index in [0.29, 0.717) is 0 Å². The molecule has 0 bridgehead atoms. The second kappa shape index (κ2) is 11.8. The van der Waals surface area contributed by atoms with Crippen molar-refractivity contribution < 1.29 is 74.4 Å². The standard InChI is InChI=1S/C27H30O16/c1-8-17(33)19(35)21(37)26(39-8)42-24-15(7-28)41-27(22(38)20(24)36)43-25-18(34)16-13(32)5-10(29)6-14(16)40-23(25)9-2-3-11(30)12(31)4-9/h2-6,8,15,17,19-22,24,26-33,35-38H,7H2,1H3/t8?,15?,17?,19-,20?,21-,22?,24?,26?,27?/m1/s1. The number of benzene rings is 2. The molecule has 2 aliphatic heterocycles. The Morgan fingerprint density at radius 3 is 2.16 bits per heavy atom. The first-order valence-electron chi connectivity index (χ1n) is 13.0. The van der Waals surface area contributed by atoms with Crippen LogP contribution >= 0.6 is 0 Å². The van der Waals surface area contributed by atoms with Gasteiger partial charge in [-0.2, -0.15) is 0 Å². The summed E-state index contributed by atoms with van der Waals surface area (Å²) in [5.41, 5.74) is -1.35. The summed E-state index contributed by atoms with van der Waals surface area (Å²) >= 11 is 0. The SMILES string of the molecule is CC1OC(OC2C(CO)OC(Oc3c(-c4ccc(O)c(O)c4)oc4cc(O)cc(O)c4c3=O)C(O)C2O)[C@H](O)[C@H](O)C1O. The number of aromatic hydroxyl groups is 4. The molecule has 0 amide bonds. The minimum absolute atomic E-state index is 0.0313. The maximum absolute atomic E-state index is 13.6. The van der Waals surface area contributed by atoms with Crippen LogP contribution in [0.2, 0.25) is 0 Å². The van der Waals surface area contributed by atoms with Crippen LogP contribution in [-0.4, -0.2) is 119 Å². The molecule has 0 spiro atoms. The molecule has 10 atom stereocenters. The van der Waals surface area contributed by atoms with Gasteiger partial charge in [0, 0.05) is 17.7 Å². The minimum atomic E-state index is -1.99. The second-order valence-corrected chi connectivity index (χ2v) is 10.2. The van der Waals surface area contributed by atoms with Crippen molar-refractivity contribution in [1.82, 2.24) is 0 Å². The molecular formula is C27H30O16. The Morgan fingerprint density at radius 1 is 0.791 bits per heavy atom. The summed E-state index contributed by atoms with van der Waals surface area (Å²) in [5, 5.41) is 102. The Bertz CT molecular complexity index is 1540. The van der Waals surface area contributed by atoms with Gasteiger partial charge in [0.05, 0.1) is 12.7 Å². The lowest BCUT2D eigenvalue weighted by atomic mass is 9.97. The van der Waals surface area contributed by atoms with Crippen molar-refractivity contribution >= 4 is 11.0 Å². The second-order valence-electron chi connectivity index (χ2n) is 10.2. The van der Waals surface area contributed by atoms with Gasteiger partial charge >= 0.3 is 0 Å². The molecule has 1 aromatic heterocycles. The maximum atomic E-state index is 13.6. The van der Waals surface area contributed by atoms with Gasteiger partial charge in [-0.25, -0.2) is 0 Å². The molecule has 10 N–H and O–H groups in total. The van der Waals surface area contributed by atoms with Crippen molar-refractivity contribution in [3.8, 4) is 40.1 Å². The highest BCUT2D eigenvalue weighted by molar-refractivity contribution is 5.88. The highest BCUT2D eigenvalue weighted by atomic mass is 16.7. The molecule has 0 aliphatic carbocycles. The smallest absolute Gasteiger partial charge is 0.239 e. The molecule has 2 aliphatic rings. The quantitative estimate of drug-likeness (QED) is 0.140. The van der Waals surface area contributed by atoms with Crippen LogP contribution in [0, 0.1) is 0 Å². The number of aliphatic hydroxyl groups is 6. The largest absolute Gasteiger partial charge is 0.508 e. The summed E-state index contributed by atoms with van der Waals surface area (Å²) in [6, 6.07) is 5.24. The molecule has 3 heterocycles. The van der Waals surface area contributed by atoms with Gasteiger partial charge in [0.25, 0.3) is 0 Å². The lowest BCUT2D eigenvalue weighted by Gasteiger charge is -2.45. The van der Waals surface area contributed by atoms with Crippen molar-refractivity contribution in [2.45, 2.75) is 68.3 Å². The van der Waals surface area contributed by atoms with Gasteiger partial charge in [-0.1, -0.05) is 0 Å². The van der Waals surface area contributed by atoms with E-state index in [1.54, 1.807) is 0 Å². The molecule has 16 heteroatoms. The zero-order chi connectivity index (χ0) is 31.3. The van der Waals surface area contributed by atoms with Crippen LogP contribution in [0.25, 0.3) is 22.3 Å². The molecule has 3 aromatic rings. The average Bonchev–Trinajstić information content (AvgIpc) is 2.96. The van der Waals surface area contributed by atoms with Gasteiger partial charge < -0.3 is 74.4 Å². The molecule has 5 rings (SSSR count). The molecule has 2 fully saturated rings. The van der Waals surface area contributed by atoms with Crippen LogP contribution in [0.15, 0.2) is 39.5 Å². The van der Waals surface area contributed by atoms with Crippen molar-refractivity contribution in [2.24, 2.45) is 0 Å². The van der Waals surface area contributed by atoms with E-state index in [1.807, 2.05) is 0 Å². The monoisotopic (exact) mass is 610 g/mol. The van der Waals surface area contributed by atoms with E-state index in [2.05, 4.69) is 0 Å². The number of ether oxygens (including phenoxy) is 4. The number of phenols is 4. The normalized spacial score (nSPS) is 33.0. The summed E-state index contributed by atoms with van der Waals surface area (Å²) < 4.78 is 28.0. The van der Waals surface area contributed by atoms with Crippen LogP contribution in [0.5, 0.6) is 28.7 Å². The summed E-state index contributed by atoms with van der Waals surface area (Å²) in [5.74, 6) is -3.33. The zero-order valence-corrected chi connectivity index (χ0v) is 22.3. The molecule has 43 heavy (non-hydrogen) atoms. The van der Waals surface area contributed by atoms with Gasteiger partial charge in [-0.15, -0.1) is 0 Å². The molecule has 234 valence electrons. The van der Waals surface area contributed by atoms with E-state index in [-0.39, 0.29) is 11.1 Å². The predicted octanol–water partition coefficient (Wildman–Crippen LogP) is -1.69. The number of fused-ring (bicyclic) bond motifs is 1. The average molecular weight is 611 g/mol. The Balaban J connectivity index is 1.50. The first kappa shape index (κ1) is 30.7. The number of aliphatic hydroxyl groups excluding tert-OH is 6. The van der Waals surface area contributed by atoms with E-state index >= 15 is 0 Å². The van der Waals surface area contributed by atoms with Crippen LogP contribution in [0.3, 0.4) is 0 Å². The van der Waals surface area contributed by atoms with Crippen LogP contribution < -0.4 is 10.2 Å². The van der Waals surface area contributed by atoms with Gasteiger partial charge in [0.15, 0.2) is 23.5 Å². The minimum Gasteiger partial charge on any atom is -0.508 e. The lowest BCUT2D eigenvalue weighted by Crippen LogP contribution is -2.64. The van der Waals surface area contributed by atoms with Crippen molar-refractivity contribution in [3.63, 3.8) is 0 Å². The Kier molecular flexibility index (Phi) is 8.41. The lowest BCUT2D eigenvalue weighted by molar-refractivity contribution is -0.349. The van der Waals surface area contributed by atoms with E-state index < -0.39 is 113 Å². The van der Waals surface area contributed by atoms with E-state index in [4.69, 9.17) is 23.4 Å². The van der Waals surface area contributed by atoms with Crippen molar-refractivity contribution in [3.05, 3.63) is 40.6 Å². The molecule has 0 saturated carbocycles. The molecule has 8 unspecified atom stereocenters. The number of hydrogen-bond acceptors (Lipinski definition) is 16. The summed E-state index contributed by atoms with van der Waals surface area (Å²) in [7, 11) is 0. The molecular weight excluding hydrogens is 580 g/mol. The molecule has 2 saturated heterocycles. The predicted molar refractivity (Wildman–Crippen MR) is 140 cm³/mol. The van der Waals surface area contributed by atoms with Gasteiger partial charge in [0.2, 0.25) is 17.5 Å². The third kappa shape index (κ3) is 5.55. The Morgan fingerprint density at radius 2 is 1.49 bits per heavy atom. The zero-order valence-electron chi connectivity index (χ0n) is 22.3. The topological polar surface area (TPSA) is 269 Å². The third-order valence-corrected chi connectivity index (χ3v) is 7.31. The fourth-order valence-electron chi connectivity index (χ4n) is 4.94. The third-order valence-electron chi connectivity index (χ3n) is 7.31.